The predicted octanol–water partition coefficient (Wildman–Crippen LogP) is 4.18. The first-order chi connectivity index (χ1) is 9.22. The number of aromatic nitrogens is 1. The molecule has 0 saturated heterocycles. The molecule has 2 aromatic heterocycles. The molecular formula is C15H13N3S. The number of nitrogens with one attached hydrogen (secondary N) is 1. The molecule has 0 fully saturated rings. The van der Waals surface area contributed by atoms with E-state index in [1.807, 2.05) is 31.3 Å². The molecular weight excluding hydrogens is 254 g/mol. The van der Waals surface area contributed by atoms with Gasteiger partial charge in [0.1, 0.15) is 17.5 Å². The fraction of sp³-hybridized carbons (Fsp3) is 0.133. The van der Waals surface area contributed by atoms with Crippen molar-refractivity contribution in [3.8, 4) is 6.07 Å². The summed E-state index contributed by atoms with van der Waals surface area (Å²) in [6.45, 7) is 2.08. The van der Waals surface area contributed by atoms with Crippen molar-refractivity contribution >= 4 is 33.1 Å². The van der Waals surface area contributed by atoms with Crippen molar-refractivity contribution in [1.29, 1.82) is 5.26 Å². The third kappa shape index (κ3) is 1.79. The molecule has 0 bridgehead atoms. The average Bonchev–Trinajstić information content (AvgIpc) is 3.01. The Morgan fingerprint density at radius 2 is 2.05 bits per heavy atom. The van der Waals surface area contributed by atoms with Crippen LogP contribution < -0.4 is 4.90 Å². The summed E-state index contributed by atoms with van der Waals surface area (Å²) < 4.78 is 0. The highest BCUT2D eigenvalue weighted by atomic mass is 32.1. The minimum Gasteiger partial charge on any atom is -0.340 e. The van der Waals surface area contributed by atoms with E-state index in [4.69, 9.17) is 0 Å². The number of hydrogen-bond acceptors (Lipinski definition) is 3. The fourth-order valence-electron chi connectivity index (χ4n) is 2.30. The van der Waals surface area contributed by atoms with Crippen LogP contribution in [0.1, 0.15) is 11.1 Å². The molecule has 0 aliphatic heterocycles. The van der Waals surface area contributed by atoms with Gasteiger partial charge in [-0.05, 0) is 30.0 Å². The van der Waals surface area contributed by atoms with Gasteiger partial charge in [-0.3, -0.25) is 0 Å². The van der Waals surface area contributed by atoms with E-state index in [9.17, 15) is 5.26 Å². The van der Waals surface area contributed by atoms with Crippen LogP contribution in [0.4, 0.5) is 10.8 Å². The van der Waals surface area contributed by atoms with Crippen molar-refractivity contribution < 1.29 is 0 Å². The summed E-state index contributed by atoms with van der Waals surface area (Å²) in [5.74, 6) is 0.856. The zero-order valence-corrected chi connectivity index (χ0v) is 11.6. The van der Waals surface area contributed by atoms with Crippen LogP contribution in [-0.2, 0) is 0 Å². The van der Waals surface area contributed by atoms with Crippen LogP contribution in [0.2, 0.25) is 0 Å². The minimum absolute atomic E-state index is 0.700. The molecule has 19 heavy (non-hydrogen) atoms. The molecule has 0 saturated carbocycles. The van der Waals surface area contributed by atoms with Crippen molar-refractivity contribution in [2.45, 2.75) is 6.92 Å². The van der Waals surface area contributed by atoms with Gasteiger partial charge in [0, 0.05) is 18.0 Å². The van der Waals surface area contributed by atoms with E-state index in [-0.39, 0.29) is 0 Å². The van der Waals surface area contributed by atoms with Crippen molar-refractivity contribution in [1.82, 2.24) is 4.98 Å². The highest BCUT2D eigenvalue weighted by Gasteiger charge is 2.17. The Bertz CT molecular complexity index is 776. The molecule has 0 aliphatic rings. The predicted molar refractivity (Wildman–Crippen MR) is 80.1 cm³/mol. The van der Waals surface area contributed by atoms with Crippen LogP contribution in [0.5, 0.6) is 0 Å². The maximum atomic E-state index is 9.43. The molecule has 0 radical (unpaired) electrons. The second kappa shape index (κ2) is 4.45. The molecule has 0 atom stereocenters. The van der Waals surface area contributed by atoms with Gasteiger partial charge in [0.05, 0.1) is 5.00 Å². The second-order valence-electron chi connectivity index (χ2n) is 4.47. The summed E-state index contributed by atoms with van der Waals surface area (Å²) in [4.78, 5) is 5.39. The lowest BCUT2D eigenvalue weighted by Crippen LogP contribution is -2.10. The Kier molecular flexibility index (Phi) is 2.77. The SMILES string of the molecule is Cc1ccsc1N(C)c1[nH]c2ccccc2c1C#N. The maximum Gasteiger partial charge on any atom is 0.130 e. The van der Waals surface area contributed by atoms with Crippen molar-refractivity contribution in [3.63, 3.8) is 0 Å². The summed E-state index contributed by atoms with van der Waals surface area (Å²) in [6, 6.07) is 12.3. The first-order valence-corrected chi connectivity index (χ1v) is 6.89. The van der Waals surface area contributed by atoms with Crippen LogP contribution in [0.3, 0.4) is 0 Å². The summed E-state index contributed by atoms with van der Waals surface area (Å²) >= 11 is 1.68. The van der Waals surface area contributed by atoms with Gasteiger partial charge in [-0.25, -0.2) is 0 Å². The lowest BCUT2D eigenvalue weighted by Gasteiger charge is -2.17. The van der Waals surface area contributed by atoms with Gasteiger partial charge in [0.15, 0.2) is 0 Å². The Balaban J connectivity index is 2.21. The van der Waals surface area contributed by atoms with Crippen LogP contribution in [-0.4, -0.2) is 12.0 Å². The zero-order valence-electron chi connectivity index (χ0n) is 10.8. The second-order valence-corrected chi connectivity index (χ2v) is 5.37. The largest absolute Gasteiger partial charge is 0.340 e. The van der Waals surface area contributed by atoms with Gasteiger partial charge in [0.2, 0.25) is 0 Å². The molecule has 0 amide bonds. The van der Waals surface area contributed by atoms with Gasteiger partial charge in [-0.1, -0.05) is 18.2 Å². The summed E-state index contributed by atoms with van der Waals surface area (Å²) in [5, 5.41) is 13.6. The zero-order chi connectivity index (χ0) is 13.4. The number of anilines is 2. The number of fused-ring (bicyclic) bond motifs is 1. The molecule has 3 aromatic rings. The Hall–Kier alpha value is -2.25. The smallest absolute Gasteiger partial charge is 0.130 e. The van der Waals surface area contributed by atoms with E-state index < -0.39 is 0 Å². The van der Waals surface area contributed by atoms with Crippen LogP contribution in [0.25, 0.3) is 10.9 Å². The third-order valence-corrected chi connectivity index (χ3v) is 4.36. The van der Waals surface area contributed by atoms with Gasteiger partial charge in [-0.2, -0.15) is 5.26 Å². The lowest BCUT2D eigenvalue weighted by atomic mass is 10.2. The quantitative estimate of drug-likeness (QED) is 0.757. The Morgan fingerprint density at radius 3 is 2.74 bits per heavy atom. The van der Waals surface area contributed by atoms with Crippen molar-refractivity contribution in [3.05, 3.63) is 46.8 Å². The monoisotopic (exact) mass is 267 g/mol. The molecule has 1 N–H and O–H groups in total. The number of para-hydroxylation sites is 1. The van der Waals surface area contributed by atoms with E-state index in [2.05, 4.69) is 34.3 Å². The average molecular weight is 267 g/mol. The lowest BCUT2D eigenvalue weighted by molar-refractivity contribution is 1.16. The Labute approximate surface area is 115 Å². The number of nitrogens with zero attached hydrogens (tertiary/aromatic N) is 2. The molecule has 0 spiro atoms. The summed E-state index contributed by atoms with van der Waals surface area (Å²) in [6.07, 6.45) is 0. The first-order valence-electron chi connectivity index (χ1n) is 6.01. The van der Waals surface area contributed by atoms with Crippen LogP contribution in [0.15, 0.2) is 35.7 Å². The van der Waals surface area contributed by atoms with Gasteiger partial charge >= 0.3 is 0 Å². The van der Waals surface area contributed by atoms with Crippen molar-refractivity contribution in [2.24, 2.45) is 0 Å². The number of nitriles is 1. The summed E-state index contributed by atoms with van der Waals surface area (Å²) in [7, 11) is 1.99. The molecule has 0 unspecified atom stereocenters. The molecule has 3 rings (SSSR count). The number of aromatic amines is 1. The fourth-order valence-corrected chi connectivity index (χ4v) is 3.21. The number of thiophene rings is 1. The van der Waals surface area contributed by atoms with E-state index in [0.29, 0.717) is 5.56 Å². The molecule has 1 aromatic carbocycles. The van der Waals surface area contributed by atoms with Gasteiger partial charge < -0.3 is 9.88 Å². The number of rotatable bonds is 2. The number of aryl methyl sites for hydroxylation is 1. The van der Waals surface area contributed by atoms with Crippen LogP contribution >= 0.6 is 11.3 Å². The van der Waals surface area contributed by atoms with Gasteiger partial charge in [-0.15, -0.1) is 11.3 Å². The van der Waals surface area contributed by atoms with E-state index in [0.717, 1.165) is 21.7 Å². The standard InChI is InChI=1S/C15H13N3S/c1-10-7-8-19-15(10)18(2)14-12(9-16)11-5-3-4-6-13(11)17-14/h3-8,17H,1-2H3. The van der Waals surface area contributed by atoms with Crippen molar-refractivity contribution in [2.75, 3.05) is 11.9 Å². The number of hydrogen-bond donors (Lipinski definition) is 1. The molecule has 3 nitrogen and oxygen atoms in total. The summed E-state index contributed by atoms with van der Waals surface area (Å²) in [5.41, 5.74) is 2.91. The minimum atomic E-state index is 0.700. The Morgan fingerprint density at radius 1 is 1.26 bits per heavy atom. The molecule has 2 heterocycles. The maximum absolute atomic E-state index is 9.43. The highest BCUT2D eigenvalue weighted by molar-refractivity contribution is 7.14. The number of H-pyrrole nitrogens is 1. The van der Waals surface area contributed by atoms with E-state index >= 15 is 0 Å². The molecule has 4 heteroatoms. The van der Waals surface area contributed by atoms with Gasteiger partial charge in [0.25, 0.3) is 0 Å². The molecule has 94 valence electrons. The topological polar surface area (TPSA) is 42.8 Å². The third-order valence-electron chi connectivity index (χ3n) is 3.27. The first kappa shape index (κ1) is 11.8. The molecule has 0 aliphatic carbocycles. The van der Waals surface area contributed by atoms with E-state index in [1.54, 1.807) is 11.3 Å². The van der Waals surface area contributed by atoms with E-state index in [1.165, 1.54) is 5.56 Å². The van der Waals surface area contributed by atoms with Crippen LogP contribution in [0, 0.1) is 18.3 Å². The highest BCUT2D eigenvalue weighted by Crippen LogP contribution is 2.35. The normalized spacial score (nSPS) is 10.6. The number of benzene rings is 1.